The van der Waals surface area contributed by atoms with Crippen molar-refractivity contribution in [3.63, 3.8) is 0 Å². The Morgan fingerprint density at radius 3 is 2.32 bits per heavy atom. The van der Waals surface area contributed by atoms with Crippen LogP contribution in [0.2, 0.25) is 5.02 Å². The van der Waals surface area contributed by atoms with Crippen LogP contribution in [0.25, 0.3) is 11.1 Å². The van der Waals surface area contributed by atoms with Gasteiger partial charge >= 0.3 is 5.97 Å². The van der Waals surface area contributed by atoms with Crippen molar-refractivity contribution in [3.05, 3.63) is 94.0 Å². The average molecular weight is 434 g/mol. The van der Waals surface area contributed by atoms with Gasteiger partial charge in [-0.05, 0) is 65.1 Å². The minimum Gasteiger partial charge on any atom is -0.481 e. The molecule has 31 heavy (non-hydrogen) atoms. The quantitative estimate of drug-likeness (QED) is 0.522. The molecule has 1 heterocycles. The van der Waals surface area contributed by atoms with E-state index in [0.29, 0.717) is 6.54 Å². The van der Waals surface area contributed by atoms with Crippen LogP contribution in [0.4, 0.5) is 0 Å². The molecule has 160 valence electrons. The van der Waals surface area contributed by atoms with Gasteiger partial charge in [0, 0.05) is 24.7 Å². The molecule has 0 saturated heterocycles. The number of hydrogen-bond donors (Lipinski definition) is 1. The number of carbonyl (C=O) groups is 1. The van der Waals surface area contributed by atoms with Crippen LogP contribution < -0.4 is 0 Å². The molecule has 3 aromatic rings. The van der Waals surface area contributed by atoms with E-state index < -0.39 is 5.97 Å². The molecule has 1 N–H and O–H groups in total. The van der Waals surface area contributed by atoms with Crippen molar-refractivity contribution in [2.45, 2.75) is 32.1 Å². The molecule has 0 unspecified atom stereocenters. The number of nitrogens with zero attached hydrogens (tertiary/aromatic N) is 1. The summed E-state index contributed by atoms with van der Waals surface area (Å²) in [5, 5.41) is 9.80. The van der Waals surface area contributed by atoms with Crippen molar-refractivity contribution in [2.75, 3.05) is 19.6 Å². The molecule has 0 fully saturated rings. The van der Waals surface area contributed by atoms with E-state index in [-0.39, 0.29) is 6.42 Å². The van der Waals surface area contributed by atoms with Gasteiger partial charge in [0.15, 0.2) is 0 Å². The summed E-state index contributed by atoms with van der Waals surface area (Å²) in [6, 6.07) is 23.6. The first-order chi connectivity index (χ1) is 15.1. The van der Waals surface area contributed by atoms with Gasteiger partial charge in [-0.1, -0.05) is 72.3 Å². The van der Waals surface area contributed by atoms with E-state index in [1.807, 2.05) is 6.07 Å². The van der Waals surface area contributed by atoms with Gasteiger partial charge < -0.3 is 10.0 Å². The molecule has 3 aromatic carbocycles. The molecule has 0 atom stereocenters. The van der Waals surface area contributed by atoms with Gasteiger partial charge in [0.05, 0.1) is 6.42 Å². The zero-order chi connectivity index (χ0) is 21.6. The van der Waals surface area contributed by atoms with E-state index in [2.05, 4.69) is 65.6 Å². The molecule has 0 spiro atoms. The molecule has 0 aliphatic carbocycles. The molecule has 0 saturated carbocycles. The van der Waals surface area contributed by atoms with Crippen molar-refractivity contribution in [2.24, 2.45) is 0 Å². The van der Waals surface area contributed by atoms with Crippen molar-refractivity contribution in [3.8, 4) is 11.1 Å². The highest BCUT2D eigenvalue weighted by atomic mass is 35.5. The predicted molar refractivity (Wildman–Crippen MR) is 127 cm³/mol. The van der Waals surface area contributed by atoms with Gasteiger partial charge in [-0.3, -0.25) is 4.79 Å². The third kappa shape index (κ3) is 5.75. The first-order valence-corrected chi connectivity index (χ1v) is 11.3. The maximum atomic E-state index is 10.9. The number of carboxylic acids is 1. The number of aliphatic carboxylic acids is 1. The van der Waals surface area contributed by atoms with Gasteiger partial charge in [0.2, 0.25) is 0 Å². The van der Waals surface area contributed by atoms with Crippen molar-refractivity contribution in [1.82, 2.24) is 4.90 Å². The topological polar surface area (TPSA) is 40.5 Å². The molecular formula is C27H28ClNO2. The highest BCUT2D eigenvalue weighted by Crippen LogP contribution is 2.27. The zero-order valence-corrected chi connectivity index (χ0v) is 18.4. The second-order valence-electron chi connectivity index (χ2n) is 8.26. The molecule has 1 aliphatic heterocycles. The standard InChI is InChI=1S/C27H28ClNO2/c28-26-19-24-12-15-29(16-13-27(30)31)14-11-23(24)18-25(26)10-9-20-5-4-8-22(17-20)21-6-2-1-3-7-21/h1-8,17-19H,9-16H2,(H,30,31). The second kappa shape index (κ2) is 10.1. The van der Waals surface area contributed by atoms with Crippen LogP contribution in [0.15, 0.2) is 66.7 Å². The molecule has 0 radical (unpaired) electrons. The Morgan fingerprint density at radius 1 is 0.871 bits per heavy atom. The number of rotatable bonds is 7. The summed E-state index contributed by atoms with van der Waals surface area (Å²) in [6.45, 7) is 2.41. The lowest BCUT2D eigenvalue weighted by Gasteiger charge is -2.18. The molecule has 1 aliphatic rings. The smallest absolute Gasteiger partial charge is 0.304 e. The minimum absolute atomic E-state index is 0.199. The van der Waals surface area contributed by atoms with E-state index >= 15 is 0 Å². The third-order valence-electron chi connectivity index (χ3n) is 6.12. The maximum Gasteiger partial charge on any atom is 0.304 e. The summed E-state index contributed by atoms with van der Waals surface area (Å²) in [5.41, 5.74) is 7.65. The Morgan fingerprint density at radius 2 is 1.58 bits per heavy atom. The lowest BCUT2D eigenvalue weighted by molar-refractivity contribution is -0.137. The number of halogens is 1. The summed E-state index contributed by atoms with van der Waals surface area (Å²) in [7, 11) is 0. The number of aryl methyl sites for hydroxylation is 2. The van der Waals surface area contributed by atoms with Crippen LogP contribution in [0, 0.1) is 0 Å². The highest BCUT2D eigenvalue weighted by Gasteiger charge is 2.17. The summed E-state index contributed by atoms with van der Waals surface area (Å²) in [6.07, 6.45) is 3.93. The molecule has 0 bridgehead atoms. The third-order valence-corrected chi connectivity index (χ3v) is 6.47. The fraction of sp³-hybridized carbons (Fsp3) is 0.296. The van der Waals surface area contributed by atoms with Crippen LogP contribution in [-0.2, 0) is 30.5 Å². The van der Waals surface area contributed by atoms with Gasteiger partial charge in [-0.15, -0.1) is 0 Å². The zero-order valence-electron chi connectivity index (χ0n) is 17.7. The molecule has 4 rings (SSSR count). The van der Waals surface area contributed by atoms with Crippen LogP contribution in [0.1, 0.15) is 28.7 Å². The highest BCUT2D eigenvalue weighted by molar-refractivity contribution is 6.31. The van der Waals surface area contributed by atoms with E-state index in [1.54, 1.807) is 0 Å². The lowest BCUT2D eigenvalue weighted by atomic mass is 9.95. The summed E-state index contributed by atoms with van der Waals surface area (Å²) in [5.74, 6) is -0.733. The van der Waals surface area contributed by atoms with E-state index in [9.17, 15) is 4.79 Å². The van der Waals surface area contributed by atoms with Crippen molar-refractivity contribution >= 4 is 17.6 Å². The Labute approximate surface area is 189 Å². The molecule has 0 amide bonds. The molecule has 0 aromatic heterocycles. The van der Waals surface area contributed by atoms with Crippen molar-refractivity contribution < 1.29 is 9.90 Å². The van der Waals surface area contributed by atoms with Crippen LogP contribution in [-0.4, -0.2) is 35.6 Å². The monoisotopic (exact) mass is 433 g/mol. The Balaban J connectivity index is 1.43. The van der Waals surface area contributed by atoms with E-state index in [1.165, 1.54) is 33.4 Å². The largest absolute Gasteiger partial charge is 0.481 e. The minimum atomic E-state index is -0.733. The van der Waals surface area contributed by atoms with Gasteiger partial charge in [-0.2, -0.15) is 0 Å². The van der Waals surface area contributed by atoms with Crippen LogP contribution in [0.3, 0.4) is 0 Å². The molecular weight excluding hydrogens is 406 g/mol. The van der Waals surface area contributed by atoms with Crippen LogP contribution >= 0.6 is 11.6 Å². The average Bonchev–Trinajstić information content (AvgIpc) is 2.98. The van der Waals surface area contributed by atoms with Gasteiger partial charge in [-0.25, -0.2) is 0 Å². The summed E-state index contributed by atoms with van der Waals surface area (Å²) >= 11 is 6.66. The molecule has 3 nitrogen and oxygen atoms in total. The number of fused-ring (bicyclic) bond motifs is 1. The number of hydrogen-bond acceptors (Lipinski definition) is 2. The first-order valence-electron chi connectivity index (χ1n) is 11.0. The Bertz CT molecular complexity index is 1050. The molecule has 4 heteroatoms. The fourth-order valence-electron chi connectivity index (χ4n) is 4.33. The van der Waals surface area contributed by atoms with E-state index in [0.717, 1.165) is 43.8 Å². The van der Waals surface area contributed by atoms with Gasteiger partial charge in [0.25, 0.3) is 0 Å². The Kier molecular flexibility index (Phi) is 7.06. The van der Waals surface area contributed by atoms with Crippen molar-refractivity contribution in [1.29, 1.82) is 0 Å². The Hall–Kier alpha value is -2.62. The van der Waals surface area contributed by atoms with E-state index in [4.69, 9.17) is 16.7 Å². The second-order valence-corrected chi connectivity index (χ2v) is 8.67. The lowest BCUT2D eigenvalue weighted by Crippen LogP contribution is -2.28. The van der Waals surface area contributed by atoms with Gasteiger partial charge in [0.1, 0.15) is 0 Å². The first kappa shape index (κ1) is 21.6. The number of benzene rings is 3. The summed E-state index contributed by atoms with van der Waals surface area (Å²) in [4.78, 5) is 13.1. The summed E-state index contributed by atoms with van der Waals surface area (Å²) < 4.78 is 0. The SMILES string of the molecule is O=C(O)CCN1CCc2cc(Cl)c(CCc3cccc(-c4ccccc4)c3)cc2CC1. The normalized spacial score (nSPS) is 14.1. The fourth-order valence-corrected chi connectivity index (χ4v) is 4.61. The van der Waals surface area contributed by atoms with Crippen LogP contribution in [0.5, 0.6) is 0 Å². The maximum absolute atomic E-state index is 10.9. The predicted octanol–water partition coefficient (Wildman–Crippen LogP) is 5.67. The number of carboxylic acid groups (broad SMARTS) is 1.